The maximum absolute atomic E-state index is 11.1. The molecule has 1 aliphatic rings. The SMILES string of the molecule is CC(=O)O[C@@H]1[C@H](OC(C)=O)[C@H](OC(C)=O)CO[C@@H]1Br. The van der Waals surface area contributed by atoms with Crippen molar-refractivity contribution in [2.24, 2.45) is 0 Å². The van der Waals surface area contributed by atoms with E-state index in [0.29, 0.717) is 0 Å². The Labute approximate surface area is 118 Å². The highest BCUT2D eigenvalue weighted by Gasteiger charge is 2.45. The van der Waals surface area contributed by atoms with Gasteiger partial charge < -0.3 is 18.9 Å². The Morgan fingerprint density at radius 1 is 0.947 bits per heavy atom. The summed E-state index contributed by atoms with van der Waals surface area (Å²) in [5.74, 6) is -1.67. The van der Waals surface area contributed by atoms with Crippen LogP contribution in [0.5, 0.6) is 0 Å². The van der Waals surface area contributed by atoms with Crippen molar-refractivity contribution < 1.29 is 33.3 Å². The second kappa shape index (κ2) is 6.85. The number of rotatable bonds is 3. The molecule has 0 saturated carbocycles. The largest absolute Gasteiger partial charge is 0.456 e. The Kier molecular flexibility index (Phi) is 5.74. The van der Waals surface area contributed by atoms with Crippen LogP contribution in [0.2, 0.25) is 0 Å². The third-order valence-corrected chi connectivity index (χ3v) is 3.08. The minimum atomic E-state index is -0.913. The number of carbonyl (C=O) groups excluding carboxylic acids is 3. The molecule has 19 heavy (non-hydrogen) atoms. The lowest BCUT2D eigenvalue weighted by molar-refractivity contribution is -0.212. The predicted molar refractivity (Wildman–Crippen MR) is 65.3 cm³/mol. The summed E-state index contributed by atoms with van der Waals surface area (Å²) in [6.07, 6.45) is -2.62. The monoisotopic (exact) mass is 338 g/mol. The van der Waals surface area contributed by atoms with E-state index in [1.807, 2.05) is 0 Å². The normalized spacial score (nSPS) is 30.3. The molecule has 0 N–H and O–H groups in total. The first kappa shape index (κ1) is 15.9. The quantitative estimate of drug-likeness (QED) is 0.421. The van der Waals surface area contributed by atoms with Gasteiger partial charge in [-0.15, -0.1) is 0 Å². The fourth-order valence-corrected chi connectivity index (χ4v) is 2.26. The third kappa shape index (κ3) is 4.79. The van der Waals surface area contributed by atoms with Gasteiger partial charge in [0.25, 0.3) is 0 Å². The number of carbonyl (C=O) groups is 3. The van der Waals surface area contributed by atoms with Crippen LogP contribution in [-0.4, -0.2) is 47.8 Å². The molecule has 0 aromatic carbocycles. The molecule has 7 nitrogen and oxygen atoms in total. The van der Waals surface area contributed by atoms with E-state index in [2.05, 4.69) is 15.9 Å². The first-order valence-corrected chi connectivity index (χ1v) is 6.50. The molecule has 8 heteroatoms. The summed E-state index contributed by atoms with van der Waals surface area (Å²) in [5.41, 5.74) is 0. The van der Waals surface area contributed by atoms with E-state index in [-0.39, 0.29) is 6.61 Å². The summed E-state index contributed by atoms with van der Waals surface area (Å²) < 4.78 is 20.4. The molecule has 0 radical (unpaired) electrons. The fraction of sp³-hybridized carbons (Fsp3) is 0.727. The zero-order chi connectivity index (χ0) is 14.6. The van der Waals surface area contributed by atoms with Gasteiger partial charge in [0.1, 0.15) is 0 Å². The van der Waals surface area contributed by atoms with Crippen LogP contribution in [0.4, 0.5) is 0 Å². The topological polar surface area (TPSA) is 88.1 Å². The van der Waals surface area contributed by atoms with Crippen LogP contribution in [0.1, 0.15) is 20.8 Å². The molecule has 108 valence electrons. The van der Waals surface area contributed by atoms with Crippen LogP contribution in [0.15, 0.2) is 0 Å². The molecule has 1 saturated heterocycles. The molecule has 1 fully saturated rings. The van der Waals surface area contributed by atoms with Gasteiger partial charge in [0.05, 0.1) is 6.61 Å². The zero-order valence-corrected chi connectivity index (χ0v) is 12.3. The average molecular weight is 339 g/mol. The Morgan fingerprint density at radius 2 is 1.42 bits per heavy atom. The van der Waals surface area contributed by atoms with Crippen LogP contribution >= 0.6 is 15.9 Å². The molecule has 4 atom stereocenters. The van der Waals surface area contributed by atoms with Gasteiger partial charge in [-0.2, -0.15) is 0 Å². The molecular weight excluding hydrogens is 324 g/mol. The molecule has 0 spiro atoms. The summed E-state index contributed by atoms with van der Waals surface area (Å²) in [5, 5.41) is -0.646. The summed E-state index contributed by atoms with van der Waals surface area (Å²) in [4.78, 5) is 33.2. The summed E-state index contributed by atoms with van der Waals surface area (Å²) >= 11 is 3.18. The van der Waals surface area contributed by atoms with Crippen molar-refractivity contribution in [2.75, 3.05) is 6.61 Å². The lowest BCUT2D eigenvalue weighted by Crippen LogP contribution is -2.55. The molecule has 0 unspecified atom stereocenters. The van der Waals surface area contributed by atoms with Gasteiger partial charge in [-0.05, 0) is 0 Å². The Bertz CT molecular complexity index is 370. The fourth-order valence-electron chi connectivity index (χ4n) is 1.70. The number of ether oxygens (including phenoxy) is 4. The Hall–Kier alpha value is -1.15. The number of hydrogen-bond donors (Lipinski definition) is 0. The minimum Gasteiger partial charge on any atom is -0.456 e. The van der Waals surface area contributed by atoms with Gasteiger partial charge in [0, 0.05) is 20.8 Å². The maximum atomic E-state index is 11.1. The van der Waals surface area contributed by atoms with Crippen molar-refractivity contribution in [3.05, 3.63) is 0 Å². The van der Waals surface area contributed by atoms with E-state index in [4.69, 9.17) is 18.9 Å². The number of halogens is 1. The molecule has 1 heterocycles. The number of esters is 3. The van der Waals surface area contributed by atoms with Gasteiger partial charge >= 0.3 is 17.9 Å². The molecule has 0 aliphatic carbocycles. The summed E-state index contributed by atoms with van der Waals surface area (Å²) in [7, 11) is 0. The average Bonchev–Trinajstić information content (AvgIpc) is 2.25. The van der Waals surface area contributed by atoms with Crippen LogP contribution in [0, 0.1) is 0 Å². The standard InChI is InChI=1S/C11H15BrO7/c1-5(13)17-8-4-16-11(12)10(19-7(3)15)9(8)18-6(2)14/h8-11H,4H2,1-3H3/t8-,9-,10-,11+/m1/s1. The highest BCUT2D eigenvalue weighted by molar-refractivity contribution is 9.09. The van der Waals surface area contributed by atoms with Crippen molar-refractivity contribution in [3.63, 3.8) is 0 Å². The van der Waals surface area contributed by atoms with E-state index >= 15 is 0 Å². The van der Waals surface area contributed by atoms with Crippen molar-refractivity contribution in [3.8, 4) is 0 Å². The van der Waals surface area contributed by atoms with E-state index in [1.165, 1.54) is 20.8 Å². The summed E-state index contributed by atoms with van der Waals surface area (Å²) in [6.45, 7) is 3.70. The van der Waals surface area contributed by atoms with Crippen molar-refractivity contribution in [2.45, 2.75) is 44.1 Å². The molecule has 1 aliphatic heterocycles. The summed E-state index contributed by atoms with van der Waals surface area (Å²) in [6, 6.07) is 0. The Balaban J connectivity index is 2.89. The van der Waals surface area contributed by atoms with Crippen LogP contribution in [0.25, 0.3) is 0 Å². The van der Waals surface area contributed by atoms with Gasteiger partial charge in [-0.3, -0.25) is 14.4 Å². The van der Waals surface area contributed by atoms with Crippen LogP contribution in [0.3, 0.4) is 0 Å². The van der Waals surface area contributed by atoms with Gasteiger partial charge in [-0.1, -0.05) is 15.9 Å². The first-order valence-electron chi connectivity index (χ1n) is 5.58. The Morgan fingerprint density at radius 3 is 1.89 bits per heavy atom. The van der Waals surface area contributed by atoms with Gasteiger partial charge in [0.15, 0.2) is 23.3 Å². The lowest BCUT2D eigenvalue weighted by Gasteiger charge is -2.38. The first-order chi connectivity index (χ1) is 8.81. The molecule has 0 aromatic heterocycles. The van der Waals surface area contributed by atoms with Crippen LogP contribution < -0.4 is 0 Å². The maximum Gasteiger partial charge on any atom is 0.303 e. The van der Waals surface area contributed by atoms with Crippen molar-refractivity contribution >= 4 is 33.8 Å². The highest BCUT2D eigenvalue weighted by atomic mass is 79.9. The zero-order valence-electron chi connectivity index (χ0n) is 10.8. The van der Waals surface area contributed by atoms with E-state index in [0.717, 1.165) is 0 Å². The third-order valence-electron chi connectivity index (χ3n) is 2.29. The number of hydrogen-bond acceptors (Lipinski definition) is 7. The number of alkyl halides is 1. The van der Waals surface area contributed by atoms with E-state index in [9.17, 15) is 14.4 Å². The highest BCUT2D eigenvalue weighted by Crippen LogP contribution is 2.27. The molecule has 0 amide bonds. The second-order valence-electron chi connectivity index (χ2n) is 3.98. The van der Waals surface area contributed by atoms with E-state index in [1.54, 1.807) is 0 Å². The molecule has 0 bridgehead atoms. The van der Waals surface area contributed by atoms with Crippen molar-refractivity contribution in [1.82, 2.24) is 0 Å². The second-order valence-corrected chi connectivity index (χ2v) is 4.88. The molecule has 1 rings (SSSR count). The lowest BCUT2D eigenvalue weighted by atomic mass is 10.1. The predicted octanol–water partition coefficient (Wildman–Crippen LogP) is 0.533. The van der Waals surface area contributed by atoms with E-state index < -0.39 is 41.2 Å². The van der Waals surface area contributed by atoms with Crippen LogP contribution in [-0.2, 0) is 33.3 Å². The molecule has 0 aromatic rings. The smallest absolute Gasteiger partial charge is 0.303 e. The molecular formula is C11H15BrO7. The van der Waals surface area contributed by atoms with Gasteiger partial charge in [0.2, 0.25) is 0 Å². The minimum absolute atomic E-state index is 0.0329. The van der Waals surface area contributed by atoms with Gasteiger partial charge in [-0.25, -0.2) is 0 Å². The van der Waals surface area contributed by atoms with Crippen molar-refractivity contribution in [1.29, 1.82) is 0 Å².